The van der Waals surface area contributed by atoms with Gasteiger partial charge in [-0.05, 0) is 49.4 Å². The van der Waals surface area contributed by atoms with Crippen LogP contribution in [0.1, 0.15) is 421 Å². The van der Waals surface area contributed by atoms with E-state index in [-0.39, 0.29) is 25.7 Å². The van der Waals surface area contributed by atoms with Crippen LogP contribution in [0.25, 0.3) is 0 Å². The normalized spacial score (nSPS) is 14.3. The van der Waals surface area contributed by atoms with E-state index in [1.165, 1.54) is 218 Å². The summed E-state index contributed by atoms with van der Waals surface area (Å²) < 4.78 is 68.7. The first-order valence-electron chi connectivity index (χ1n) is 42.2. The van der Waals surface area contributed by atoms with Gasteiger partial charge in [-0.2, -0.15) is 0 Å². The average Bonchev–Trinajstić information content (AvgIpc) is 0.979. The van der Waals surface area contributed by atoms with Gasteiger partial charge in [0.05, 0.1) is 26.4 Å². The first-order valence-corrected chi connectivity index (χ1v) is 45.2. The third kappa shape index (κ3) is 74.7. The fourth-order valence-electron chi connectivity index (χ4n) is 12.6. The van der Waals surface area contributed by atoms with E-state index in [2.05, 4.69) is 55.4 Å². The Morgan fingerprint density at radius 1 is 0.277 bits per heavy atom. The monoisotopic (exact) mass is 1480 g/mol. The summed E-state index contributed by atoms with van der Waals surface area (Å²) in [7, 11) is -9.92. The summed E-state index contributed by atoms with van der Waals surface area (Å²) in [6.45, 7) is 14.3. The topological polar surface area (TPSA) is 237 Å². The minimum Gasteiger partial charge on any atom is -0.462 e. The van der Waals surface area contributed by atoms with Crippen molar-refractivity contribution in [2.75, 3.05) is 39.6 Å². The van der Waals surface area contributed by atoms with Crippen molar-refractivity contribution in [3.8, 4) is 0 Å². The van der Waals surface area contributed by atoms with Gasteiger partial charge in [-0.1, -0.05) is 370 Å². The number of hydrogen-bond donors (Lipinski definition) is 3. The molecule has 6 atom stereocenters. The van der Waals surface area contributed by atoms with Crippen molar-refractivity contribution in [3.05, 3.63) is 0 Å². The first-order chi connectivity index (χ1) is 48.6. The highest BCUT2D eigenvalue weighted by Crippen LogP contribution is 2.45. The molecular weight excluding hydrogens is 1320 g/mol. The number of rotatable bonds is 79. The van der Waals surface area contributed by atoms with Crippen molar-refractivity contribution in [3.63, 3.8) is 0 Å². The van der Waals surface area contributed by atoms with E-state index in [0.717, 1.165) is 120 Å². The number of phosphoric ester groups is 2. The molecule has 600 valence electrons. The molecule has 0 spiro atoms. The number of aliphatic hydroxyl groups is 1. The molecule has 0 saturated heterocycles. The Kier molecular flexibility index (Phi) is 69.6. The summed E-state index contributed by atoms with van der Waals surface area (Å²) in [5, 5.41) is 10.6. The van der Waals surface area contributed by atoms with Gasteiger partial charge >= 0.3 is 39.5 Å². The van der Waals surface area contributed by atoms with Gasteiger partial charge in [0.15, 0.2) is 12.2 Å². The second-order valence-electron chi connectivity index (χ2n) is 31.2. The average molecular weight is 1480 g/mol. The molecule has 0 aromatic rings. The Hall–Kier alpha value is -1.94. The molecule has 3 unspecified atom stereocenters. The van der Waals surface area contributed by atoms with E-state index in [9.17, 15) is 43.2 Å². The highest BCUT2D eigenvalue weighted by atomic mass is 31.2. The maximum atomic E-state index is 13.1. The lowest BCUT2D eigenvalue weighted by Gasteiger charge is -2.21. The van der Waals surface area contributed by atoms with Crippen molar-refractivity contribution in [2.24, 2.45) is 23.7 Å². The van der Waals surface area contributed by atoms with Gasteiger partial charge in [0.25, 0.3) is 0 Å². The Labute approximate surface area is 619 Å². The van der Waals surface area contributed by atoms with E-state index >= 15 is 0 Å². The van der Waals surface area contributed by atoms with Crippen LogP contribution in [0, 0.1) is 23.7 Å². The van der Waals surface area contributed by atoms with Gasteiger partial charge in [-0.3, -0.25) is 37.3 Å². The molecule has 0 aromatic carbocycles. The van der Waals surface area contributed by atoms with Crippen LogP contribution in [0.2, 0.25) is 0 Å². The lowest BCUT2D eigenvalue weighted by molar-refractivity contribution is -0.161. The second-order valence-corrected chi connectivity index (χ2v) is 34.1. The van der Waals surface area contributed by atoms with Gasteiger partial charge in [0.1, 0.15) is 19.3 Å². The Balaban J connectivity index is 5.22. The predicted molar refractivity (Wildman–Crippen MR) is 414 cm³/mol. The zero-order chi connectivity index (χ0) is 74.6. The van der Waals surface area contributed by atoms with Crippen LogP contribution in [0.5, 0.6) is 0 Å². The molecule has 0 aromatic heterocycles. The quantitative estimate of drug-likeness (QED) is 0.0222. The van der Waals surface area contributed by atoms with Crippen molar-refractivity contribution in [2.45, 2.75) is 440 Å². The molecule has 0 heterocycles. The van der Waals surface area contributed by atoms with Crippen LogP contribution >= 0.6 is 15.6 Å². The number of phosphoric acid groups is 2. The van der Waals surface area contributed by atoms with E-state index in [1.807, 2.05) is 0 Å². The summed E-state index contributed by atoms with van der Waals surface area (Å²) in [5.74, 6) is 0.998. The SMILES string of the molecule is CCC(C)CCCCCCCCC(=O)OC[C@H](COP(=O)(O)OC[C@H](O)COP(=O)(O)OC[C@@H](COC(=O)CCCCCCCCCCCCCCCCCC(C)C)OC(=O)CCCCCCCCCCCCCC(C)C)OC(=O)CCCCCCCCCCCCCCCCCCC(C)C. The summed E-state index contributed by atoms with van der Waals surface area (Å²) in [6.07, 6.45) is 58.3. The minimum atomic E-state index is -4.96. The van der Waals surface area contributed by atoms with Crippen LogP contribution in [-0.2, 0) is 65.4 Å². The van der Waals surface area contributed by atoms with E-state index in [4.69, 9.17) is 37.0 Å². The second kappa shape index (κ2) is 71.0. The fourth-order valence-corrected chi connectivity index (χ4v) is 14.2. The van der Waals surface area contributed by atoms with Gasteiger partial charge in [-0.15, -0.1) is 0 Å². The molecule has 0 aliphatic carbocycles. The van der Waals surface area contributed by atoms with Crippen molar-refractivity contribution in [1.82, 2.24) is 0 Å². The highest BCUT2D eigenvalue weighted by Gasteiger charge is 2.30. The van der Waals surface area contributed by atoms with Crippen molar-refractivity contribution in [1.29, 1.82) is 0 Å². The standard InChI is InChI=1S/C82H160O17P2/c1-9-75(8)61-53-45-40-41-47-55-63-80(85)93-69-78(99-81(86)64-56-48-38-32-26-20-15-11-10-13-17-22-28-34-42-50-58-72(2)3)71-97-101(90,91)95-67-76(83)66-94-100(88,89)96-70-77(98-82(87)65-57-49-39-33-27-21-24-30-36-44-52-60-74(6)7)68-92-79(84)62-54-46-37-31-25-19-16-12-14-18-23-29-35-43-51-59-73(4)5/h72-78,83H,9-71H2,1-8H3,(H,88,89)(H,90,91)/t75?,76-,77-,78-/m1/s1. The number of aliphatic hydroxyl groups excluding tert-OH is 1. The van der Waals surface area contributed by atoms with Crippen LogP contribution in [0.3, 0.4) is 0 Å². The Bertz CT molecular complexity index is 1970. The molecular formula is C82H160O17P2. The molecule has 0 aliphatic rings. The van der Waals surface area contributed by atoms with Crippen LogP contribution in [-0.4, -0.2) is 96.7 Å². The third-order valence-corrected chi connectivity index (χ3v) is 21.3. The van der Waals surface area contributed by atoms with Crippen LogP contribution < -0.4 is 0 Å². The zero-order valence-electron chi connectivity index (χ0n) is 66.5. The predicted octanol–water partition coefficient (Wildman–Crippen LogP) is 24.4. The molecule has 3 N–H and O–H groups in total. The van der Waals surface area contributed by atoms with Crippen molar-refractivity contribution >= 4 is 39.5 Å². The van der Waals surface area contributed by atoms with Gasteiger partial charge in [0.2, 0.25) is 0 Å². The molecule has 0 aliphatic heterocycles. The van der Waals surface area contributed by atoms with Crippen LogP contribution in [0.15, 0.2) is 0 Å². The minimum absolute atomic E-state index is 0.106. The van der Waals surface area contributed by atoms with Crippen molar-refractivity contribution < 1.29 is 80.2 Å². The lowest BCUT2D eigenvalue weighted by atomic mass is 10.00. The van der Waals surface area contributed by atoms with Gasteiger partial charge in [-0.25, -0.2) is 9.13 Å². The number of esters is 4. The number of ether oxygens (including phenoxy) is 4. The summed E-state index contributed by atoms with van der Waals surface area (Å²) >= 11 is 0. The molecule has 101 heavy (non-hydrogen) atoms. The first kappa shape index (κ1) is 99.1. The molecule has 0 radical (unpaired) electrons. The van der Waals surface area contributed by atoms with E-state index in [0.29, 0.717) is 25.7 Å². The fraction of sp³-hybridized carbons (Fsp3) is 0.951. The number of carbonyl (C=O) groups excluding carboxylic acids is 4. The molecule has 17 nitrogen and oxygen atoms in total. The third-order valence-electron chi connectivity index (χ3n) is 19.4. The smallest absolute Gasteiger partial charge is 0.462 e. The molecule has 19 heteroatoms. The Morgan fingerprint density at radius 3 is 0.703 bits per heavy atom. The summed E-state index contributed by atoms with van der Waals surface area (Å²) in [5.41, 5.74) is 0. The van der Waals surface area contributed by atoms with Gasteiger partial charge in [0, 0.05) is 25.7 Å². The summed E-state index contributed by atoms with van der Waals surface area (Å²) in [4.78, 5) is 73.1. The number of hydrogen-bond acceptors (Lipinski definition) is 15. The van der Waals surface area contributed by atoms with Gasteiger partial charge < -0.3 is 33.8 Å². The maximum absolute atomic E-state index is 13.1. The molecule has 0 saturated carbocycles. The molecule has 0 amide bonds. The van der Waals surface area contributed by atoms with E-state index < -0.39 is 97.5 Å². The number of carbonyl (C=O) groups is 4. The molecule has 0 fully saturated rings. The zero-order valence-corrected chi connectivity index (χ0v) is 68.3. The molecule has 0 bridgehead atoms. The summed E-state index contributed by atoms with van der Waals surface area (Å²) in [6, 6.07) is 0. The maximum Gasteiger partial charge on any atom is 0.472 e. The van der Waals surface area contributed by atoms with Crippen LogP contribution in [0.4, 0.5) is 0 Å². The lowest BCUT2D eigenvalue weighted by Crippen LogP contribution is -2.30. The largest absolute Gasteiger partial charge is 0.472 e. The molecule has 0 rings (SSSR count). The van der Waals surface area contributed by atoms with E-state index in [1.54, 1.807) is 0 Å². The number of unbranched alkanes of at least 4 members (excludes halogenated alkanes) is 44. The Morgan fingerprint density at radius 2 is 0.475 bits per heavy atom. The highest BCUT2D eigenvalue weighted by molar-refractivity contribution is 7.47.